The highest BCUT2D eigenvalue weighted by Crippen LogP contribution is 2.38. The van der Waals surface area contributed by atoms with Crippen molar-refractivity contribution in [2.24, 2.45) is 5.73 Å². The molecular formula is C25H24FN3O2. The molecule has 0 radical (unpaired) electrons. The highest BCUT2D eigenvalue weighted by atomic mass is 19.1. The van der Waals surface area contributed by atoms with Gasteiger partial charge in [-0.05, 0) is 67.0 Å². The molecule has 6 heteroatoms. The Morgan fingerprint density at radius 3 is 2.71 bits per heavy atom. The number of carbonyl (C=O) groups is 2. The minimum Gasteiger partial charge on any atom is -0.369 e. The molecule has 2 heterocycles. The van der Waals surface area contributed by atoms with Crippen LogP contribution in [0.3, 0.4) is 0 Å². The van der Waals surface area contributed by atoms with Crippen LogP contribution in [-0.2, 0) is 29.0 Å². The summed E-state index contributed by atoms with van der Waals surface area (Å²) in [5.41, 5.74) is 12.0. The monoisotopic (exact) mass is 417 g/mol. The Morgan fingerprint density at radius 2 is 2.00 bits per heavy atom. The minimum absolute atomic E-state index is 0.0260. The first-order valence-corrected chi connectivity index (χ1v) is 10.2. The Labute approximate surface area is 180 Å². The van der Waals surface area contributed by atoms with Crippen molar-refractivity contribution in [1.82, 2.24) is 9.88 Å². The molecule has 0 atom stereocenters. The largest absolute Gasteiger partial charge is 0.369 e. The van der Waals surface area contributed by atoms with Gasteiger partial charge >= 0.3 is 0 Å². The van der Waals surface area contributed by atoms with Gasteiger partial charge < -0.3 is 15.6 Å². The second kappa shape index (κ2) is 7.92. The SMILES string of the molecule is CC#CC(=O)N1CCc2cc(-c3c(F)cc(CC(N)=O)c4[nH]c(C)c(C)c34)ccc2C1. The lowest BCUT2D eigenvalue weighted by Gasteiger charge is -2.27. The van der Waals surface area contributed by atoms with Gasteiger partial charge in [0.25, 0.3) is 5.91 Å². The number of carbonyl (C=O) groups excluding carboxylic acids is 2. The summed E-state index contributed by atoms with van der Waals surface area (Å²) in [5, 5.41) is 0.777. The predicted molar refractivity (Wildman–Crippen MR) is 119 cm³/mol. The lowest BCUT2D eigenvalue weighted by Crippen LogP contribution is -2.35. The van der Waals surface area contributed by atoms with Crippen LogP contribution in [0.5, 0.6) is 0 Å². The third kappa shape index (κ3) is 3.68. The van der Waals surface area contributed by atoms with E-state index in [1.54, 1.807) is 11.8 Å². The van der Waals surface area contributed by atoms with E-state index in [0.29, 0.717) is 30.6 Å². The number of benzene rings is 2. The van der Waals surface area contributed by atoms with Gasteiger partial charge in [0.15, 0.2) is 0 Å². The van der Waals surface area contributed by atoms with Crippen LogP contribution in [0.15, 0.2) is 24.3 Å². The highest BCUT2D eigenvalue weighted by Gasteiger charge is 2.23. The Morgan fingerprint density at radius 1 is 1.23 bits per heavy atom. The topological polar surface area (TPSA) is 79.2 Å². The van der Waals surface area contributed by atoms with Gasteiger partial charge in [0, 0.05) is 29.7 Å². The zero-order valence-electron chi connectivity index (χ0n) is 17.9. The molecule has 2 amide bonds. The molecule has 3 N–H and O–H groups in total. The molecule has 1 aliphatic rings. The quantitative estimate of drug-likeness (QED) is 0.640. The molecule has 0 saturated carbocycles. The van der Waals surface area contributed by atoms with Crippen LogP contribution >= 0.6 is 0 Å². The Bertz CT molecular complexity index is 1290. The smallest absolute Gasteiger partial charge is 0.298 e. The molecule has 4 rings (SSSR count). The molecule has 0 fully saturated rings. The third-order valence-electron chi connectivity index (χ3n) is 6.00. The lowest BCUT2D eigenvalue weighted by atomic mass is 9.91. The van der Waals surface area contributed by atoms with Gasteiger partial charge in [-0.15, -0.1) is 0 Å². The number of primary amides is 1. The van der Waals surface area contributed by atoms with Crippen molar-refractivity contribution in [3.63, 3.8) is 0 Å². The number of H-pyrrole nitrogens is 1. The van der Waals surface area contributed by atoms with Gasteiger partial charge in [-0.25, -0.2) is 4.39 Å². The number of aromatic nitrogens is 1. The van der Waals surface area contributed by atoms with Gasteiger partial charge in [0.2, 0.25) is 5.91 Å². The van der Waals surface area contributed by atoms with E-state index in [9.17, 15) is 9.59 Å². The van der Waals surface area contributed by atoms with E-state index in [1.165, 1.54) is 6.07 Å². The molecule has 0 saturated heterocycles. The summed E-state index contributed by atoms with van der Waals surface area (Å²) in [7, 11) is 0. The van der Waals surface area contributed by atoms with Crippen molar-refractivity contribution in [1.29, 1.82) is 0 Å². The number of aryl methyl sites for hydroxylation is 2. The molecule has 158 valence electrons. The molecule has 1 aliphatic heterocycles. The van der Waals surface area contributed by atoms with E-state index < -0.39 is 5.91 Å². The van der Waals surface area contributed by atoms with Crippen molar-refractivity contribution in [2.75, 3.05) is 6.54 Å². The van der Waals surface area contributed by atoms with E-state index in [-0.39, 0.29) is 18.1 Å². The van der Waals surface area contributed by atoms with Gasteiger partial charge in [-0.2, -0.15) is 0 Å². The number of amides is 2. The Kier molecular flexibility index (Phi) is 5.28. The second-order valence-electron chi connectivity index (χ2n) is 8.00. The number of hydrogen-bond donors (Lipinski definition) is 2. The van der Waals surface area contributed by atoms with Crippen LogP contribution in [0, 0.1) is 31.5 Å². The van der Waals surface area contributed by atoms with E-state index in [2.05, 4.69) is 16.8 Å². The van der Waals surface area contributed by atoms with Crippen molar-refractivity contribution in [3.05, 3.63) is 58.0 Å². The van der Waals surface area contributed by atoms with Crippen LogP contribution < -0.4 is 5.73 Å². The fourth-order valence-corrected chi connectivity index (χ4v) is 4.37. The lowest BCUT2D eigenvalue weighted by molar-refractivity contribution is -0.126. The van der Waals surface area contributed by atoms with E-state index in [4.69, 9.17) is 5.73 Å². The molecule has 3 aromatic rings. The predicted octanol–water partition coefficient (Wildman–Crippen LogP) is 3.53. The number of halogens is 1. The number of nitrogens with zero attached hydrogens (tertiary/aromatic N) is 1. The van der Waals surface area contributed by atoms with E-state index >= 15 is 4.39 Å². The van der Waals surface area contributed by atoms with Crippen LogP contribution in [-0.4, -0.2) is 28.2 Å². The average molecular weight is 417 g/mol. The number of nitrogens with one attached hydrogen (secondary N) is 1. The van der Waals surface area contributed by atoms with Gasteiger partial charge in [-0.3, -0.25) is 9.59 Å². The maximum absolute atomic E-state index is 15.4. The summed E-state index contributed by atoms with van der Waals surface area (Å²) in [6, 6.07) is 7.27. The van der Waals surface area contributed by atoms with Crippen LogP contribution in [0.4, 0.5) is 4.39 Å². The summed E-state index contributed by atoms with van der Waals surface area (Å²) >= 11 is 0. The summed E-state index contributed by atoms with van der Waals surface area (Å²) in [6.07, 6.45) is 0.664. The molecule has 5 nitrogen and oxygen atoms in total. The number of rotatable bonds is 3. The molecule has 0 spiro atoms. The number of nitrogens with two attached hydrogens (primary N) is 1. The number of hydrogen-bond acceptors (Lipinski definition) is 2. The molecule has 31 heavy (non-hydrogen) atoms. The number of fused-ring (bicyclic) bond motifs is 2. The van der Waals surface area contributed by atoms with Crippen LogP contribution in [0.1, 0.15) is 34.9 Å². The Balaban J connectivity index is 1.81. The first-order chi connectivity index (χ1) is 14.8. The van der Waals surface area contributed by atoms with Crippen molar-refractivity contribution < 1.29 is 14.0 Å². The van der Waals surface area contributed by atoms with Gasteiger partial charge in [-0.1, -0.05) is 24.1 Å². The molecule has 0 aliphatic carbocycles. The normalized spacial score (nSPS) is 13.0. The molecule has 1 aromatic heterocycles. The summed E-state index contributed by atoms with van der Waals surface area (Å²) in [5.74, 6) is 4.19. The summed E-state index contributed by atoms with van der Waals surface area (Å²) < 4.78 is 15.4. The Hall–Kier alpha value is -3.59. The van der Waals surface area contributed by atoms with Crippen molar-refractivity contribution >= 4 is 22.7 Å². The summed E-state index contributed by atoms with van der Waals surface area (Å²) in [6.45, 7) is 6.61. The molecule has 2 aromatic carbocycles. The highest BCUT2D eigenvalue weighted by molar-refractivity contribution is 6.01. The van der Waals surface area contributed by atoms with Crippen LogP contribution in [0.2, 0.25) is 0 Å². The third-order valence-corrected chi connectivity index (χ3v) is 6.00. The van der Waals surface area contributed by atoms with Crippen molar-refractivity contribution in [2.45, 2.75) is 40.2 Å². The first-order valence-electron chi connectivity index (χ1n) is 10.2. The standard InChI is InChI=1S/C25H24FN3O2/c1-4-5-22(31)29-9-8-16-10-17(6-7-18(16)13-29)24-20(26)11-19(12-21(27)30)25-23(24)14(2)15(3)28-25/h6-7,10-11,28H,8-9,12-13H2,1-3H3,(H2,27,30). The summed E-state index contributed by atoms with van der Waals surface area (Å²) in [4.78, 5) is 28.6. The molecule has 0 bridgehead atoms. The van der Waals surface area contributed by atoms with Crippen molar-refractivity contribution in [3.8, 4) is 23.0 Å². The van der Waals surface area contributed by atoms with Gasteiger partial charge in [0.05, 0.1) is 11.9 Å². The fraction of sp³-hybridized carbons (Fsp3) is 0.280. The average Bonchev–Trinajstić information content (AvgIpc) is 3.02. The maximum atomic E-state index is 15.4. The van der Waals surface area contributed by atoms with E-state index in [0.717, 1.165) is 38.9 Å². The van der Waals surface area contributed by atoms with Gasteiger partial charge in [0.1, 0.15) is 5.82 Å². The zero-order chi connectivity index (χ0) is 22.3. The van der Waals surface area contributed by atoms with E-state index in [1.807, 2.05) is 32.0 Å². The first kappa shape index (κ1) is 20.7. The number of aromatic amines is 1. The fourth-order valence-electron chi connectivity index (χ4n) is 4.37. The molecular weight excluding hydrogens is 393 g/mol. The molecule has 0 unspecified atom stereocenters. The van der Waals surface area contributed by atoms with Crippen LogP contribution in [0.25, 0.3) is 22.0 Å². The zero-order valence-corrected chi connectivity index (χ0v) is 17.9. The second-order valence-corrected chi connectivity index (χ2v) is 8.00. The minimum atomic E-state index is -0.501. The maximum Gasteiger partial charge on any atom is 0.298 e.